The molecule has 0 bridgehead atoms. The molecule has 6 nitrogen and oxygen atoms in total. The van der Waals surface area contributed by atoms with Crippen LogP contribution >= 0.6 is 0 Å². The number of nitriles is 1. The zero-order valence-electron chi connectivity index (χ0n) is 10.1. The second-order valence-electron chi connectivity index (χ2n) is 4.46. The molecule has 0 aliphatic heterocycles. The fraction of sp³-hybridized carbons (Fsp3) is 0.333. The number of rotatable bonds is 4. The van der Waals surface area contributed by atoms with E-state index >= 15 is 0 Å². The van der Waals surface area contributed by atoms with Crippen LogP contribution in [0.1, 0.15) is 25.8 Å². The van der Waals surface area contributed by atoms with Crippen molar-refractivity contribution in [2.45, 2.75) is 20.3 Å². The van der Waals surface area contributed by atoms with Crippen LogP contribution in [0.2, 0.25) is 0 Å². The first-order valence-corrected chi connectivity index (χ1v) is 5.24. The number of hydrogen-bond donors (Lipinski definition) is 2. The number of carboxylic acids is 1. The summed E-state index contributed by atoms with van der Waals surface area (Å²) in [7, 11) is 0. The number of hydrogen-bond acceptors (Lipinski definition) is 4. The maximum absolute atomic E-state index is 11.6. The molecule has 94 valence electrons. The summed E-state index contributed by atoms with van der Waals surface area (Å²) < 4.78 is 0. The first kappa shape index (κ1) is 13.6. The van der Waals surface area contributed by atoms with Crippen molar-refractivity contribution in [1.29, 1.82) is 5.26 Å². The molecule has 18 heavy (non-hydrogen) atoms. The van der Waals surface area contributed by atoms with Crippen LogP contribution in [0.25, 0.3) is 0 Å². The van der Waals surface area contributed by atoms with Crippen LogP contribution in [0, 0.1) is 16.7 Å². The number of nitrogens with one attached hydrogen (secondary N) is 1. The molecule has 1 aromatic heterocycles. The van der Waals surface area contributed by atoms with E-state index in [0.29, 0.717) is 11.4 Å². The third-order valence-corrected chi connectivity index (χ3v) is 2.34. The van der Waals surface area contributed by atoms with Gasteiger partial charge in [-0.1, -0.05) is 0 Å². The molecule has 0 aromatic carbocycles. The van der Waals surface area contributed by atoms with Crippen LogP contribution in [0.4, 0.5) is 5.82 Å². The minimum absolute atomic E-state index is 0.149. The van der Waals surface area contributed by atoms with Gasteiger partial charge in [0.25, 0.3) is 0 Å². The van der Waals surface area contributed by atoms with Crippen LogP contribution in [-0.2, 0) is 9.59 Å². The molecule has 0 aliphatic carbocycles. The van der Waals surface area contributed by atoms with Gasteiger partial charge in [-0.05, 0) is 26.0 Å². The number of carbonyl (C=O) groups is 2. The molecule has 1 aromatic rings. The zero-order chi connectivity index (χ0) is 13.8. The number of amides is 1. The SMILES string of the molecule is CC(C)(CC(=O)Nc1ccc(C#N)cn1)C(=O)O. The Balaban J connectivity index is 2.65. The van der Waals surface area contributed by atoms with Crippen LogP contribution in [0.5, 0.6) is 0 Å². The van der Waals surface area contributed by atoms with E-state index in [0.717, 1.165) is 0 Å². The lowest BCUT2D eigenvalue weighted by molar-refractivity contribution is -0.148. The number of carbonyl (C=O) groups excluding carboxylic acids is 1. The summed E-state index contributed by atoms with van der Waals surface area (Å²) in [6.07, 6.45) is 1.18. The second kappa shape index (κ2) is 5.27. The minimum Gasteiger partial charge on any atom is -0.481 e. The quantitative estimate of drug-likeness (QED) is 0.836. The maximum atomic E-state index is 11.6. The molecule has 0 fully saturated rings. The smallest absolute Gasteiger partial charge is 0.309 e. The van der Waals surface area contributed by atoms with Gasteiger partial charge in [-0.15, -0.1) is 0 Å². The van der Waals surface area contributed by atoms with Crippen molar-refractivity contribution in [3.8, 4) is 6.07 Å². The average molecular weight is 247 g/mol. The van der Waals surface area contributed by atoms with E-state index in [1.165, 1.54) is 32.2 Å². The Labute approximate surface area is 104 Å². The maximum Gasteiger partial charge on any atom is 0.309 e. The highest BCUT2D eigenvalue weighted by atomic mass is 16.4. The van der Waals surface area contributed by atoms with E-state index < -0.39 is 17.3 Å². The van der Waals surface area contributed by atoms with Crippen LogP contribution in [-0.4, -0.2) is 22.0 Å². The number of nitrogens with zero attached hydrogens (tertiary/aromatic N) is 2. The van der Waals surface area contributed by atoms with Crippen molar-refractivity contribution in [3.05, 3.63) is 23.9 Å². The van der Waals surface area contributed by atoms with Gasteiger partial charge < -0.3 is 10.4 Å². The zero-order valence-corrected chi connectivity index (χ0v) is 10.1. The van der Waals surface area contributed by atoms with Gasteiger partial charge in [0, 0.05) is 12.6 Å². The molecule has 0 atom stereocenters. The molecule has 6 heteroatoms. The predicted molar refractivity (Wildman–Crippen MR) is 63.6 cm³/mol. The summed E-state index contributed by atoms with van der Waals surface area (Å²) in [5.41, 5.74) is -0.740. The van der Waals surface area contributed by atoms with E-state index in [1.807, 2.05) is 6.07 Å². The first-order chi connectivity index (χ1) is 8.35. The van der Waals surface area contributed by atoms with E-state index in [-0.39, 0.29) is 6.42 Å². The Morgan fingerprint density at radius 3 is 2.61 bits per heavy atom. The highest BCUT2D eigenvalue weighted by molar-refractivity contribution is 5.93. The van der Waals surface area contributed by atoms with Gasteiger partial charge in [0.15, 0.2) is 0 Å². The molecule has 0 spiro atoms. The standard InChI is InChI=1S/C12H13N3O3/c1-12(2,11(17)18)5-10(16)15-9-4-3-8(6-13)7-14-9/h3-4,7H,5H2,1-2H3,(H,17,18)(H,14,15,16). The van der Waals surface area contributed by atoms with Crippen LogP contribution in [0.15, 0.2) is 18.3 Å². The third-order valence-electron chi connectivity index (χ3n) is 2.34. The average Bonchev–Trinajstić information content (AvgIpc) is 2.29. The molecule has 0 saturated carbocycles. The van der Waals surface area contributed by atoms with Crippen molar-refractivity contribution in [1.82, 2.24) is 4.98 Å². The number of carboxylic acid groups (broad SMARTS) is 1. The van der Waals surface area contributed by atoms with Crippen LogP contribution < -0.4 is 5.32 Å². The normalized spacial score (nSPS) is 10.5. The van der Waals surface area contributed by atoms with Gasteiger partial charge in [-0.25, -0.2) is 4.98 Å². The van der Waals surface area contributed by atoms with Gasteiger partial charge in [-0.2, -0.15) is 5.26 Å². The number of anilines is 1. The van der Waals surface area contributed by atoms with E-state index in [2.05, 4.69) is 10.3 Å². The molecular weight excluding hydrogens is 234 g/mol. The van der Waals surface area contributed by atoms with Crippen molar-refractivity contribution >= 4 is 17.7 Å². The number of pyridine rings is 1. The fourth-order valence-corrected chi connectivity index (χ4v) is 1.20. The Bertz CT molecular complexity index is 500. The van der Waals surface area contributed by atoms with Gasteiger partial charge in [0.2, 0.25) is 5.91 Å². The lowest BCUT2D eigenvalue weighted by Crippen LogP contribution is -2.29. The second-order valence-corrected chi connectivity index (χ2v) is 4.46. The number of aliphatic carboxylic acids is 1. The molecule has 1 amide bonds. The lowest BCUT2D eigenvalue weighted by atomic mass is 9.89. The Morgan fingerprint density at radius 2 is 2.17 bits per heavy atom. The molecule has 0 unspecified atom stereocenters. The van der Waals surface area contributed by atoms with Gasteiger partial charge in [-0.3, -0.25) is 9.59 Å². The minimum atomic E-state index is -1.13. The predicted octanol–water partition coefficient (Wildman–Crippen LogP) is 1.39. The summed E-state index contributed by atoms with van der Waals surface area (Å²) in [4.78, 5) is 26.3. The molecule has 0 radical (unpaired) electrons. The first-order valence-electron chi connectivity index (χ1n) is 5.24. The summed E-state index contributed by atoms with van der Waals surface area (Å²) in [5.74, 6) is -1.18. The monoisotopic (exact) mass is 247 g/mol. The molecule has 2 N–H and O–H groups in total. The van der Waals surface area contributed by atoms with E-state index in [9.17, 15) is 9.59 Å². The van der Waals surface area contributed by atoms with Gasteiger partial charge in [0.1, 0.15) is 11.9 Å². The van der Waals surface area contributed by atoms with Gasteiger partial charge in [0.05, 0.1) is 11.0 Å². The van der Waals surface area contributed by atoms with Crippen molar-refractivity contribution in [2.24, 2.45) is 5.41 Å². The molecule has 1 heterocycles. The highest BCUT2D eigenvalue weighted by Gasteiger charge is 2.30. The Morgan fingerprint density at radius 1 is 1.50 bits per heavy atom. The van der Waals surface area contributed by atoms with Gasteiger partial charge >= 0.3 is 5.97 Å². The number of aromatic nitrogens is 1. The Hall–Kier alpha value is -2.42. The van der Waals surface area contributed by atoms with Crippen molar-refractivity contribution in [2.75, 3.05) is 5.32 Å². The fourth-order valence-electron chi connectivity index (χ4n) is 1.20. The summed E-state index contributed by atoms with van der Waals surface area (Å²) in [6, 6.07) is 4.92. The van der Waals surface area contributed by atoms with Crippen molar-refractivity contribution in [3.63, 3.8) is 0 Å². The van der Waals surface area contributed by atoms with E-state index in [4.69, 9.17) is 10.4 Å². The van der Waals surface area contributed by atoms with E-state index in [1.54, 1.807) is 0 Å². The summed E-state index contributed by atoms with van der Waals surface area (Å²) in [6.45, 7) is 2.95. The largest absolute Gasteiger partial charge is 0.481 e. The third kappa shape index (κ3) is 3.56. The molecule has 1 rings (SSSR count). The topological polar surface area (TPSA) is 103 Å². The Kier molecular flexibility index (Phi) is 4.00. The van der Waals surface area contributed by atoms with Crippen molar-refractivity contribution < 1.29 is 14.7 Å². The van der Waals surface area contributed by atoms with Crippen LogP contribution in [0.3, 0.4) is 0 Å². The lowest BCUT2D eigenvalue weighted by Gasteiger charge is -2.17. The molecular formula is C12H13N3O3. The summed E-state index contributed by atoms with van der Waals surface area (Å²) in [5, 5.41) is 20.0. The molecule has 0 saturated heterocycles. The highest BCUT2D eigenvalue weighted by Crippen LogP contribution is 2.21. The summed E-state index contributed by atoms with van der Waals surface area (Å²) >= 11 is 0. The molecule has 0 aliphatic rings.